The highest BCUT2D eigenvalue weighted by Crippen LogP contribution is 2.25. The van der Waals surface area contributed by atoms with Gasteiger partial charge in [0, 0.05) is 26.2 Å². The number of carbonyl (C=O) groups excluding carboxylic acids is 1. The van der Waals surface area contributed by atoms with Crippen LogP contribution >= 0.6 is 11.6 Å². The van der Waals surface area contributed by atoms with Gasteiger partial charge in [0.05, 0.1) is 17.1 Å². The van der Waals surface area contributed by atoms with Crippen LogP contribution in [0.5, 0.6) is 0 Å². The molecule has 0 aromatic heterocycles. The summed E-state index contributed by atoms with van der Waals surface area (Å²) < 4.78 is 27.2. The zero-order valence-electron chi connectivity index (χ0n) is 16.6. The first-order valence-corrected chi connectivity index (χ1v) is 11.5. The van der Waals surface area contributed by atoms with E-state index in [9.17, 15) is 13.2 Å². The first-order valence-electron chi connectivity index (χ1n) is 9.65. The Bertz CT molecular complexity index is 945. The Morgan fingerprint density at radius 3 is 2.17 bits per heavy atom. The first kappa shape index (κ1) is 21.8. The molecule has 156 valence electrons. The van der Waals surface area contributed by atoms with E-state index in [0.29, 0.717) is 26.2 Å². The number of benzene rings is 2. The zero-order valence-corrected chi connectivity index (χ0v) is 18.2. The van der Waals surface area contributed by atoms with Crippen LogP contribution in [0.15, 0.2) is 59.5 Å². The quantitative estimate of drug-likeness (QED) is 0.757. The molecule has 1 saturated heterocycles. The molecule has 1 aliphatic rings. The van der Waals surface area contributed by atoms with Crippen LogP contribution in [-0.2, 0) is 14.8 Å². The molecular formula is C21H26ClN3O3S. The Morgan fingerprint density at radius 1 is 0.966 bits per heavy atom. The number of nitrogens with one attached hydrogen (secondary N) is 1. The largest absolute Gasteiger partial charge is 0.348 e. The molecule has 0 aliphatic carbocycles. The second-order valence-electron chi connectivity index (χ2n) is 7.19. The highest BCUT2D eigenvalue weighted by molar-refractivity contribution is 7.89. The van der Waals surface area contributed by atoms with Gasteiger partial charge in [-0.25, -0.2) is 8.42 Å². The number of hydrogen-bond donors (Lipinski definition) is 1. The SMILES string of the molecule is CC(NC(=O)C(C)N1CCN(S(=O)(=O)c2ccccc2Cl)CC1)c1ccccc1. The average Bonchev–Trinajstić information content (AvgIpc) is 2.74. The van der Waals surface area contributed by atoms with Gasteiger partial charge in [-0.2, -0.15) is 4.31 Å². The van der Waals surface area contributed by atoms with Crippen LogP contribution in [0.1, 0.15) is 25.5 Å². The van der Waals surface area contributed by atoms with Gasteiger partial charge in [-0.05, 0) is 31.5 Å². The average molecular weight is 436 g/mol. The molecule has 2 atom stereocenters. The second kappa shape index (κ2) is 9.26. The summed E-state index contributed by atoms with van der Waals surface area (Å²) in [6.07, 6.45) is 0. The summed E-state index contributed by atoms with van der Waals surface area (Å²) in [7, 11) is -3.64. The van der Waals surface area contributed by atoms with Gasteiger partial charge >= 0.3 is 0 Å². The number of sulfonamides is 1. The van der Waals surface area contributed by atoms with Gasteiger partial charge in [-0.3, -0.25) is 9.69 Å². The molecule has 2 aromatic carbocycles. The van der Waals surface area contributed by atoms with Gasteiger partial charge in [-0.15, -0.1) is 0 Å². The summed E-state index contributed by atoms with van der Waals surface area (Å²) in [5, 5.41) is 3.26. The number of rotatable bonds is 6. The lowest BCUT2D eigenvalue weighted by Crippen LogP contribution is -2.55. The fourth-order valence-corrected chi connectivity index (χ4v) is 5.36. The van der Waals surface area contributed by atoms with Crippen molar-refractivity contribution in [2.24, 2.45) is 0 Å². The predicted molar refractivity (Wildman–Crippen MR) is 114 cm³/mol. The van der Waals surface area contributed by atoms with E-state index in [2.05, 4.69) is 5.32 Å². The predicted octanol–water partition coefficient (Wildman–Crippen LogP) is 2.91. The van der Waals surface area contributed by atoms with Gasteiger partial charge in [-0.1, -0.05) is 54.1 Å². The van der Waals surface area contributed by atoms with Crippen LogP contribution in [0.25, 0.3) is 0 Å². The normalized spacial score (nSPS) is 18.2. The molecule has 3 rings (SSSR count). The molecular weight excluding hydrogens is 410 g/mol. The lowest BCUT2D eigenvalue weighted by atomic mass is 10.1. The van der Waals surface area contributed by atoms with E-state index in [1.165, 1.54) is 10.4 Å². The zero-order chi connectivity index (χ0) is 21.0. The van der Waals surface area contributed by atoms with Crippen molar-refractivity contribution in [2.45, 2.75) is 30.8 Å². The lowest BCUT2D eigenvalue weighted by molar-refractivity contribution is -0.127. The van der Waals surface area contributed by atoms with E-state index >= 15 is 0 Å². The van der Waals surface area contributed by atoms with E-state index < -0.39 is 10.0 Å². The van der Waals surface area contributed by atoms with Gasteiger partial charge < -0.3 is 5.32 Å². The summed E-state index contributed by atoms with van der Waals surface area (Å²) in [5.74, 6) is -0.0660. The summed E-state index contributed by atoms with van der Waals surface area (Å²) >= 11 is 6.08. The lowest BCUT2D eigenvalue weighted by Gasteiger charge is -2.37. The number of hydrogen-bond acceptors (Lipinski definition) is 4. The number of nitrogens with zero attached hydrogens (tertiary/aromatic N) is 2. The Labute approximate surface area is 177 Å². The van der Waals surface area contributed by atoms with Gasteiger partial charge in [0.15, 0.2) is 0 Å². The second-order valence-corrected chi connectivity index (χ2v) is 9.50. The molecule has 29 heavy (non-hydrogen) atoms. The summed E-state index contributed by atoms with van der Waals surface area (Å²) in [4.78, 5) is 14.8. The van der Waals surface area contributed by atoms with Crippen molar-refractivity contribution in [1.29, 1.82) is 0 Å². The summed E-state index contributed by atoms with van der Waals surface area (Å²) in [5.41, 5.74) is 1.05. The molecule has 1 fully saturated rings. The maximum absolute atomic E-state index is 12.9. The third-order valence-electron chi connectivity index (χ3n) is 5.31. The van der Waals surface area contributed by atoms with Crippen molar-refractivity contribution < 1.29 is 13.2 Å². The molecule has 0 radical (unpaired) electrons. The Hall–Kier alpha value is -1.93. The highest BCUT2D eigenvalue weighted by atomic mass is 35.5. The van der Waals surface area contributed by atoms with Crippen LogP contribution < -0.4 is 5.32 Å². The molecule has 1 amide bonds. The highest BCUT2D eigenvalue weighted by Gasteiger charge is 2.33. The molecule has 2 unspecified atom stereocenters. The minimum atomic E-state index is -3.64. The molecule has 1 aliphatic heterocycles. The Balaban J connectivity index is 1.58. The topological polar surface area (TPSA) is 69.7 Å². The van der Waals surface area contributed by atoms with Crippen molar-refractivity contribution in [3.05, 3.63) is 65.2 Å². The number of piperazine rings is 1. The molecule has 8 heteroatoms. The Morgan fingerprint density at radius 2 is 1.55 bits per heavy atom. The third-order valence-corrected chi connectivity index (χ3v) is 7.71. The van der Waals surface area contributed by atoms with Crippen LogP contribution in [0.4, 0.5) is 0 Å². The van der Waals surface area contributed by atoms with E-state index in [4.69, 9.17) is 11.6 Å². The summed E-state index contributed by atoms with van der Waals surface area (Å²) in [6.45, 7) is 5.41. The standard InChI is InChI=1S/C21H26ClN3O3S/c1-16(18-8-4-3-5-9-18)23-21(26)17(2)24-12-14-25(15-13-24)29(27,28)20-11-7-6-10-19(20)22/h3-11,16-17H,12-15H2,1-2H3,(H,23,26). The molecule has 1 heterocycles. The smallest absolute Gasteiger partial charge is 0.244 e. The van der Waals surface area contributed by atoms with Crippen LogP contribution in [0, 0.1) is 0 Å². The molecule has 0 spiro atoms. The van der Waals surface area contributed by atoms with Crippen molar-refractivity contribution in [1.82, 2.24) is 14.5 Å². The molecule has 0 bridgehead atoms. The van der Waals surface area contributed by atoms with Gasteiger partial charge in [0.1, 0.15) is 4.90 Å². The molecule has 6 nitrogen and oxygen atoms in total. The number of carbonyl (C=O) groups is 1. The molecule has 2 aromatic rings. The van der Waals surface area contributed by atoms with Gasteiger partial charge in [0.25, 0.3) is 0 Å². The van der Waals surface area contributed by atoms with E-state index in [1.807, 2.05) is 49.1 Å². The van der Waals surface area contributed by atoms with Gasteiger partial charge in [0.2, 0.25) is 15.9 Å². The minimum Gasteiger partial charge on any atom is -0.348 e. The molecule has 0 saturated carbocycles. The fraction of sp³-hybridized carbons (Fsp3) is 0.381. The minimum absolute atomic E-state index is 0.0660. The van der Waals surface area contributed by atoms with Crippen molar-refractivity contribution >= 4 is 27.5 Å². The van der Waals surface area contributed by atoms with Crippen molar-refractivity contribution in [3.8, 4) is 0 Å². The van der Waals surface area contributed by atoms with E-state index in [1.54, 1.807) is 18.2 Å². The summed E-state index contributed by atoms with van der Waals surface area (Å²) in [6, 6.07) is 15.8. The van der Waals surface area contributed by atoms with Crippen molar-refractivity contribution in [3.63, 3.8) is 0 Å². The van der Waals surface area contributed by atoms with Crippen LogP contribution in [-0.4, -0.2) is 55.8 Å². The fourth-order valence-electron chi connectivity index (χ4n) is 3.45. The first-order chi connectivity index (χ1) is 13.8. The maximum Gasteiger partial charge on any atom is 0.244 e. The number of halogens is 1. The van der Waals surface area contributed by atoms with Crippen LogP contribution in [0.2, 0.25) is 5.02 Å². The van der Waals surface area contributed by atoms with Crippen molar-refractivity contribution in [2.75, 3.05) is 26.2 Å². The van der Waals surface area contributed by atoms with Crippen LogP contribution in [0.3, 0.4) is 0 Å². The third kappa shape index (κ3) is 4.98. The Kier molecular flexibility index (Phi) is 6.95. The maximum atomic E-state index is 12.9. The monoisotopic (exact) mass is 435 g/mol. The van der Waals surface area contributed by atoms with E-state index in [0.717, 1.165) is 5.56 Å². The molecule has 1 N–H and O–H groups in total. The number of amides is 1. The van der Waals surface area contributed by atoms with E-state index in [-0.39, 0.29) is 27.9 Å².